The molecule has 20 heavy (non-hydrogen) atoms. The van der Waals surface area contributed by atoms with Crippen molar-refractivity contribution in [1.82, 2.24) is 5.32 Å². The van der Waals surface area contributed by atoms with Crippen LogP contribution >= 0.6 is 0 Å². The number of nitrogens with two attached hydrogens (primary N) is 1. The lowest BCUT2D eigenvalue weighted by Crippen LogP contribution is -2.42. The van der Waals surface area contributed by atoms with Crippen LogP contribution in [0.1, 0.15) is 64.2 Å². The molecular weight excluding hydrogens is 256 g/mol. The van der Waals surface area contributed by atoms with Gasteiger partial charge in [-0.1, -0.05) is 12.8 Å². The largest absolute Gasteiger partial charge is 0.481 e. The summed E-state index contributed by atoms with van der Waals surface area (Å²) in [5.41, 5.74) is 5.55. The second-order valence-corrected chi connectivity index (χ2v) is 6.63. The number of aliphatic carboxylic acids is 1. The van der Waals surface area contributed by atoms with E-state index in [9.17, 15) is 9.59 Å². The molecule has 0 saturated heterocycles. The molecule has 2 fully saturated rings. The first-order chi connectivity index (χ1) is 9.49. The maximum Gasteiger partial charge on any atom is 0.303 e. The molecule has 0 bridgehead atoms. The Balaban J connectivity index is 1.84. The molecule has 0 aromatic carbocycles. The molecule has 114 valence electrons. The van der Waals surface area contributed by atoms with Gasteiger partial charge in [-0.2, -0.15) is 0 Å². The van der Waals surface area contributed by atoms with E-state index in [-0.39, 0.29) is 29.8 Å². The molecule has 2 aliphatic carbocycles. The highest BCUT2D eigenvalue weighted by Crippen LogP contribution is 2.44. The van der Waals surface area contributed by atoms with Crippen molar-refractivity contribution in [3.05, 3.63) is 0 Å². The lowest BCUT2D eigenvalue weighted by Gasteiger charge is -2.30. The van der Waals surface area contributed by atoms with Crippen molar-refractivity contribution in [3.8, 4) is 0 Å². The molecule has 0 radical (unpaired) electrons. The van der Waals surface area contributed by atoms with Crippen LogP contribution in [-0.2, 0) is 9.59 Å². The highest BCUT2D eigenvalue weighted by molar-refractivity contribution is 5.78. The third kappa shape index (κ3) is 4.20. The minimum Gasteiger partial charge on any atom is -0.481 e. The van der Waals surface area contributed by atoms with E-state index in [1.54, 1.807) is 0 Å². The number of carbonyl (C=O) groups is 2. The first-order valence-corrected chi connectivity index (χ1v) is 7.76. The van der Waals surface area contributed by atoms with E-state index in [4.69, 9.17) is 10.8 Å². The SMILES string of the molecule is NC1CCC(NC(=O)CC2(CC(=O)O)CCCC2)CC1. The zero-order valence-electron chi connectivity index (χ0n) is 12.1. The lowest BCUT2D eigenvalue weighted by molar-refractivity contribution is -0.140. The van der Waals surface area contributed by atoms with Crippen molar-refractivity contribution in [1.29, 1.82) is 0 Å². The van der Waals surface area contributed by atoms with Gasteiger partial charge in [-0.15, -0.1) is 0 Å². The van der Waals surface area contributed by atoms with E-state index >= 15 is 0 Å². The number of amides is 1. The molecule has 0 atom stereocenters. The second-order valence-electron chi connectivity index (χ2n) is 6.63. The van der Waals surface area contributed by atoms with E-state index in [0.717, 1.165) is 51.4 Å². The van der Waals surface area contributed by atoms with Crippen molar-refractivity contribution in [3.63, 3.8) is 0 Å². The summed E-state index contributed by atoms with van der Waals surface area (Å²) in [4.78, 5) is 23.2. The van der Waals surface area contributed by atoms with Gasteiger partial charge in [0.25, 0.3) is 0 Å². The standard InChI is InChI=1S/C15H26N2O3/c16-11-3-5-12(6-4-11)17-13(18)9-15(10-14(19)20)7-1-2-8-15/h11-12H,1-10,16H2,(H,17,18)(H,19,20). The summed E-state index contributed by atoms with van der Waals surface area (Å²) in [5, 5.41) is 12.1. The van der Waals surface area contributed by atoms with Crippen LogP contribution in [0.2, 0.25) is 0 Å². The lowest BCUT2D eigenvalue weighted by atomic mass is 9.79. The van der Waals surface area contributed by atoms with E-state index < -0.39 is 5.97 Å². The van der Waals surface area contributed by atoms with Crippen LogP contribution < -0.4 is 11.1 Å². The van der Waals surface area contributed by atoms with Gasteiger partial charge in [0.1, 0.15) is 0 Å². The van der Waals surface area contributed by atoms with Crippen LogP contribution in [-0.4, -0.2) is 29.1 Å². The maximum absolute atomic E-state index is 12.2. The Morgan fingerprint density at radius 2 is 1.70 bits per heavy atom. The monoisotopic (exact) mass is 282 g/mol. The maximum atomic E-state index is 12.2. The zero-order valence-corrected chi connectivity index (χ0v) is 12.1. The predicted molar refractivity (Wildman–Crippen MR) is 76.1 cm³/mol. The Kier molecular flexibility index (Phi) is 5.02. The minimum atomic E-state index is -0.789. The molecule has 2 rings (SSSR count). The number of nitrogens with one attached hydrogen (secondary N) is 1. The number of hydrogen-bond donors (Lipinski definition) is 3. The van der Waals surface area contributed by atoms with Crippen molar-refractivity contribution < 1.29 is 14.7 Å². The third-order valence-electron chi connectivity index (χ3n) is 4.86. The molecule has 5 heteroatoms. The van der Waals surface area contributed by atoms with Gasteiger partial charge >= 0.3 is 5.97 Å². The first kappa shape index (κ1) is 15.3. The second kappa shape index (κ2) is 6.57. The highest BCUT2D eigenvalue weighted by Gasteiger charge is 2.38. The smallest absolute Gasteiger partial charge is 0.303 e. The van der Waals surface area contributed by atoms with Gasteiger partial charge in [-0.05, 0) is 43.9 Å². The fourth-order valence-corrected chi connectivity index (χ4v) is 3.74. The van der Waals surface area contributed by atoms with E-state index in [0.29, 0.717) is 6.42 Å². The van der Waals surface area contributed by atoms with Crippen LogP contribution in [0.15, 0.2) is 0 Å². The highest BCUT2D eigenvalue weighted by atomic mass is 16.4. The molecule has 5 nitrogen and oxygen atoms in total. The Bertz CT molecular complexity index is 356. The van der Waals surface area contributed by atoms with Crippen LogP contribution in [0.25, 0.3) is 0 Å². The summed E-state index contributed by atoms with van der Waals surface area (Å²) in [6.45, 7) is 0. The third-order valence-corrected chi connectivity index (χ3v) is 4.86. The van der Waals surface area contributed by atoms with E-state index in [1.165, 1.54) is 0 Å². The van der Waals surface area contributed by atoms with Gasteiger partial charge in [-0.3, -0.25) is 9.59 Å². The van der Waals surface area contributed by atoms with Gasteiger partial charge in [0.15, 0.2) is 0 Å². The van der Waals surface area contributed by atoms with Crippen molar-refractivity contribution in [2.24, 2.45) is 11.1 Å². The first-order valence-electron chi connectivity index (χ1n) is 7.76. The molecule has 0 heterocycles. The van der Waals surface area contributed by atoms with E-state index in [1.807, 2.05) is 0 Å². The molecule has 2 saturated carbocycles. The number of carboxylic acid groups (broad SMARTS) is 1. The van der Waals surface area contributed by atoms with Gasteiger partial charge in [0.2, 0.25) is 5.91 Å². The molecule has 0 aromatic rings. The van der Waals surface area contributed by atoms with E-state index in [2.05, 4.69) is 5.32 Å². The van der Waals surface area contributed by atoms with Crippen LogP contribution in [0.4, 0.5) is 0 Å². The Hall–Kier alpha value is -1.10. The quantitative estimate of drug-likeness (QED) is 0.717. The van der Waals surface area contributed by atoms with Crippen LogP contribution in [0, 0.1) is 5.41 Å². The number of carbonyl (C=O) groups excluding carboxylic acids is 1. The minimum absolute atomic E-state index is 0.0219. The van der Waals surface area contributed by atoms with Crippen molar-refractivity contribution in [2.75, 3.05) is 0 Å². The average molecular weight is 282 g/mol. The normalized spacial score (nSPS) is 29.1. The molecule has 4 N–H and O–H groups in total. The van der Waals surface area contributed by atoms with Crippen molar-refractivity contribution in [2.45, 2.75) is 76.3 Å². The molecule has 1 amide bonds. The van der Waals surface area contributed by atoms with Gasteiger partial charge in [0.05, 0.1) is 6.42 Å². The number of rotatable bonds is 5. The summed E-state index contributed by atoms with van der Waals surface area (Å²) >= 11 is 0. The Morgan fingerprint density at radius 3 is 2.25 bits per heavy atom. The molecule has 0 unspecified atom stereocenters. The zero-order chi connectivity index (χ0) is 14.6. The molecule has 0 aromatic heterocycles. The summed E-state index contributed by atoms with van der Waals surface area (Å²) in [7, 11) is 0. The summed E-state index contributed by atoms with van der Waals surface area (Å²) in [5.74, 6) is -0.767. The number of hydrogen-bond acceptors (Lipinski definition) is 3. The summed E-state index contributed by atoms with van der Waals surface area (Å²) < 4.78 is 0. The average Bonchev–Trinajstić information content (AvgIpc) is 2.79. The molecule has 0 spiro atoms. The molecule has 0 aliphatic heterocycles. The topological polar surface area (TPSA) is 92.4 Å². The Morgan fingerprint density at radius 1 is 1.10 bits per heavy atom. The van der Waals surface area contributed by atoms with Crippen molar-refractivity contribution >= 4 is 11.9 Å². The molecule has 2 aliphatic rings. The number of carboxylic acids is 1. The van der Waals surface area contributed by atoms with Crippen LogP contribution in [0.5, 0.6) is 0 Å². The van der Waals surface area contributed by atoms with Crippen LogP contribution in [0.3, 0.4) is 0 Å². The van der Waals surface area contributed by atoms with Gasteiger partial charge in [0, 0.05) is 18.5 Å². The summed E-state index contributed by atoms with van der Waals surface area (Å²) in [6.07, 6.45) is 8.11. The fraction of sp³-hybridized carbons (Fsp3) is 0.867. The van der Waals surface area contributed by atoms with Gasteiger partial charge < -0.3 is 16.2 Å². The Labute approximate surface area is 120 Å². The fourth-order valence-electron chi connectivity index (χ4n) is 3.74. The summed E-state index contributed by atoms with van der Waals surface area (Å²) in [6, 6.07) is 0.502. The predicted octanol–water partition coefficient (Wildman–Crippen LogP) is 1.80. The van der Waals surface area contributed by atoms with Gasteiger partial charge in [-0.25, -0.2) is 0 Å². The molecular formula is C15H26N2O3.